The van der Waals surface area contributed by atoms with Crippen molar-refractivity contribution in [3.63, 3.8) is 0 Å². The van der Waals surface area contributed by atoms with Gasteiger partial charge in [-0.3, -0.25) is 4.57 Å². The lowest BCUT2D eigenvalue weighted by Crippen LogP contribution is -2.12. The maximum atomic E-state index is 5.47. The zero-order chi connectivity index (χ0) is 54.9. The quantitative estimate of drug-likeness (QED) is 0.166. The predicted molar refractivity (Wildman–Crippen MR) is 330 cm³/mol. The Morgan fingerprint density at radius 2 is 0.608 bits per heavy atom. The van der Waals surface area contributed by atoms with Gasteiger partial charge in [-0.1, -0.05) is 168 Å². The molecule has 0 spiro atoms. The van der Waals surface area contributed by atoms with Gasteiger partial charge in [0.2, 0.25) is 0 Å². The fraction of sp³-hybridized carbons (Fsp3) is 0.225. The summed E-state index contributed by atoms with van der Waals surface area (Å²) >= 11 is 0. The minimum absolute atomic E-state index is 0.0926. The average molecular weight is 1030 g/mol. The Labute approximate surface area is 462 Å². The molecule has 79 heavy (non-hydrogen) atoms. The van der Waals surface area contributed by atoms with Gasteiger partial charge in [0.1, 0.15) is 11.3 Å². The van der Waals surface area contributed by atoms with Crippen LogP contribution in [0.5, 0.6) is 0 Å². The molecule has 0 saturated carbocycles. The highest BCUT2D eigenvalue weighted by Gasteiger charge is 2.30. The van der Waals surface area contributed by atoms with Crippen LogP contribution in [-0.4, -0.2) is 38.6 Å². The molecule has 0 aliphatic carbocycles. The zero-order valence-electron chi connectivity index (χ0n) is 47.4. The summed E-state index contributed by atoms with van der Waals surface area (Å²) in [6.45, 7) is 27.6. The molecule has 0 fully saturated rings. The number of aromatic nitrogens is 8. The van der Waals surface area contributed by atoms with E-state index in [1.807, 2.05) is 60.9 Å². The highest BCUT2D eigenvalue weighted by atomic mass is 15.2. The lowest BCUT2D eigenvalue weighted by Gasteiger charge is -2.24. The maximum absolute atomic E-state index is 5.47. The lowest BCUT2D eigenvalue weighted by atomic mass is 9.85. The first-order valence-corrected chi connectivity index (χ1v) is 27.7. The molecule has 7 aromatic carbocycles. The molecule has 0 saturated heterocycles. The molecule has 13 rings (SSSR count). The Bertz CT molecular complexity index is 4140. The van der Waals surface area contributed by atoms with Crippen molar-refractivity contribution in [3.8, 4) is 51.2 Å². The molecule has 0 N–H and O–H groups in total. The van der Waals surface area contributed by atoms with E-state index in [9.17, 15) is 0 Å². The predicted octanol–water partition coefficient (Wildman–Crippen LogP) is 18.1. The molecule has 6 aromatic heterocycles. The Balaban J connectivity index is 1.28. The highest BCUT2D eigenvalue weighted by molar-refractivity contribution is 6.13. The highest BCUT2D eigenvalue weighted by Crippen LogP contribution is 2.46. The van der Waals surface area contributed by atoms with E-state index in [2.05, 4.69) is 218 Å². The van der Waals surface area contributed by atoms with Gasteiger partial charge in [-0.25, -0.2) is 24.9 Å². The number of hydrogen-bond acceptors (Lipinski definition) is 5. The Morgan fingerprint density at radius 1 is 0.291 bits per heavy atom. The largest absolute Gasteiger partial charge is 0.307 e. The van der Waals surface area contributed by atoms with Crippen molar-refractivity contribution < 1.29 is 0 Å². The molecule has 0 atom stereocenters. The van der Waals surface area contributed by atoms with Gasteiger partial charge in [0.15, 0.2) is 17.5 Å². The third kappa shape index (κ3) is 8.39. The van der Waals surface area contributed by atoms with Crippen molar-refractivity contribution in [2.45, 2.75) is 105 Å². The number of hydrogen-bond donors (Lipinski definition) is 0. The summed E-state index contributed by atoms with van der Waals surface area (Å²) in [4.78, 5) is 26.7. The second-order valence-corrected chi connectivity index (χ2v) is 25.6. The first-order chi connectivity index (χ1) is 37.7. The molecule has 0 aliphatic rings. The van der Waals surface area contributed by atoms with Crippen LogP contribution in [0.15, 0.2) is 182 Å². The second kappa shape index (κ2) is 17.9. The molecule has 6 heterocycles. The van der Waals surface area contributed by atoms with Crippen LogP contribution in [-0.2, 0) is 21.7 Å². The molecule has 8 heteroatoms. The molecular formula is C71H66N8. The number of nitrogens with zero attached hydrogens (tertiary/aromatic N) is 8. The minimum atomic E-state index is -0.0926. The first kappa shape index (κ1) is 49.8. The summed E-state index contributed by atoms with van der Waals surface area (Å²) in [6, 6.07) is 61.8. The summed E-state index contributed by atoms with van der Waals surface area (Å²) in [5, 5.41) is 6.77. The normalized spacial score (nSPS) is 12.8. The molecule has 0 radical (unpaired) electrons. The summed E-state index contributed by atoms with van der Waals surface area (Å²) in [5.74, 6) is 1.74. The van der Waals surface area contributed by atoms with E-state index in [1.54, 1.807) is 0 Å². The van der Waals surface area contributed by atoms with E-state index in [0.29, 0.717) is 17.5 Å². The summed E-state index contributed by atoms with van der Waals surface area (Å²) in [7, 11) is 0. The van der Waals surface area contributed by atoms with E-state index in [-0.39, 0.29) is 21.7 Å². The topological polar surface area (TPSA) is 79.2 Å². The van der Waals surface area contributed by atoms with Gasteiger partial charge >= 0.3 is 0 Å². The molecule has 0 bridgehead atoms. The van der Waals surface area contributed by atoms with E-state index in [1.165, 1.54) is 43.8 Å². The van der Waals surface area contributed by atoms with Crippen LogP contribution in [0.25, 0.3) is 117 Å². The van der Waals surface area contributed by atoms with Crippen molar-refractivity contribution in [2.75, 3.05) is 0 Å². The summed E-state index contributed by atoms with van der Waals surface area (Å²) < 4.78 is 7.28. The van der Waals surface area contributed by atoms with Crippen LogP contribution in [0.4, 0.5) is 0 Å². The van der Waals surface area contributed by atoms with Gasteiger partial charge in [-0.2, -0.15) is 0 Å². The third-order valence-corrected chi connectivity index (χ3v) is 16.0. The van der Waals surface area contributed by atoms with E-state index in [4.69, 9.17) is 24.9 Å². The van der Waals surface area contributed by atoms with Gasteiger partial charge in [-0.15, -0.1) is 0 Å². The van der Waals surface area contributed by atoms with Crippen molar-refractivity contribution in [1.29, 1.82) is 0 Å². The van der Waals surface area contributed by atoms with Crippen molar-refractivity contribution >= 4 is 65.7 Å². The second-order valence-electron chi connectivity index (χ2n) is 25.6. The summed E-state index contributed by atoms with van der Waals surface area (Å²) in [5.41, 5.74) is 16.0. The van der Waals surface area contributed by atoms with E-state index < -0.39 is 0 Å². The fourth-order valence-electron chi connectivity index (χ4n) is 11.6. The smallest absolute Gasteiger partial charge is 0.164 e. The average Bonchev–Trinajstić information content (AvgIpc) is 3.65. The van der Waals surface area contributed by atoms with Gasteiger partial charge in [0, 0.05) is 61.4 Å². The first-order valence-electron chi connectivity index (χ1n) is 27.7. The minimum Gasteiger partial charge on any atom is -0.307 e. The Morgan fingerprint density at radius 3 is 0.924 bits per heavy atom. The number of rotatable bonds is 6. The SMILES string of the molecule is CC(C)(C)c1ccc2c(c1)c1cc(C(C)(C)C)ccc1n2-c1cc(-c2nc(-c3ccccc3)nc(-c3ccccc3)n2)cc(-n2c3ccc(C(C)(C)C)cc3c3cc(C(C)(C)C)ccc32)c1-n1c2ncccc2c2cccnc21. The Kier molecular flexibility index (Phi) is 11.3. The molecule has 13 aromatic rings. The molecule has 390 valence electrons. The molecule has 8 nitrogen and oxygen atoms in total. The van der Waals surface area contributed by atoms with Gasteiger partial charge in [-0.05, 0) is 129 Å². The van der Waals surface area contributed by atoms with E-state index >= 15 is 0 Å². The fourth-order valence-corrected chi connectivity index (χ4v) is 11.6. The van der Waals surface area contributed by atoms with Crippen molar-refractivity contribution in [3.05, 3.63) is 205 Å². The summed E-state index contributed by atoms with van der Waals surface area (Å²) in [6.07, 6.45) is 3.80. The molecule has 0 aliphatic heterocycles. The lowest BCUT2D eigenvalue weighted by molar-refractivity contribution is 0.590. The van der Waals surface area contributed by atoms with Crippen LogP contribution in [0, 0.1) is 0 Å². The maximum Gasteiger partial charge on any atom is 0.164 e. The van der Waals surface area contributed by atoms with Crippen LogP contribution in [0.1, 0.15) is 105 Å². The molecular weight excluding hydrogens is 965 g/mol. The van der Waals surface area contributed by atoms with Gasteiger partial charge < -0.3 is 9.13 Å². The number of pyridine rings is 2. The van der Waals surface area contributed by atoms with Crippen LogP contribution in [0.2, 0.25) is 0 Å². The standard InChI is InChI=1S/C71H66N8/c1-68(2,3)46-27-31-56-52(39-46)53-40-47(69(4,5)6)28-32-57(53)77(56)60-37-45(65-75-63(43-21-15-13-16-22-43)74-64(76-65)44-23-17-14-18-24-44)38-61(62(60)79-66-50(25-19-35-72-66)51-26-20-36-73-67(51)79)78-58-33-29-48(70(7,8)9)41-54(58)55-42-49(71(10,11)12)30-34-59(55)78/h13-42H,1-12H3. The number of benzene rings is 7. The third-order valence-electron chi connectivity index (χ3n) is 16.0. The van der Waals surface area contributed by atoms with Crippen LogP contribution in [0.3, 0.4) is 0 Å². The number of fused-ring (bicyclic) bond motifs is 9. The van der Waals surface area contributed by atoms with Gasteiger partial charge in [0.05, 0.1) is 39.1 Å². The van der Waals surface area contributed by atoms with Crippen molar-refractivity contribution in [1.82, 2.24) is 38.6 Å². The van der Waals surface area contributed by atoms with E-state index in [0.717, 1.165) is 77.9 Å². The van der Waals surface area contributed by atoms with Crippen LogP contribution >= 0.6 is 0 Å². The van der Waals surface area contributed by atoms with Crippen molar-refractivity contribution in [2.24, 2.45) is 0 Å². The van der Waals surface area contributed by atoms with Crippen LogP contribution < -0.4 is 0 Å². The Hall–Kier alpha value is -8.75. The monoisotopic (exact) mass is 1030 g/mol. The van der Waals surface area contributed by atoms with Gasteiger partial charge in [0.25, 0.3) is 0 Å². The molecule has 0 amide bonds. The molecule has 0 unspecified atom stereocenters. The zero-order valence-corrected chi connectivity index (χ0v) is 47.4.